The molecule has 0 radical (unpaired) electrons. The van der Waals surface area contributed by atoms with Crippen LogP contribution in [0.3, 0.4) is 0 Å². The third-order valence-electron chi connectivity index (χ3n) is 1.91. The van der Waals surface area contributed by atoms with Gasteiger partial charge in [-0.05, 0) is 28.1 Å². The van der Waals surface area contributed by atoms with Crippen LogP contribution in [0.2, 0.25) is 0 Å². The molecule has 0 spiro atoms. The van der Waals surface area contributed by atoms with Crippen LogP contribution in [0.1, 0.15) is 10.4 Å². The number of methoxy groups -OCH3 is 1. The zero-order valence-electron chi connectivity index (χ0n) is 8.81. The summed E-state index contributed by atoms with van der Waals surface area (Å²) in [5, 5.41) is 11.6. The van der Waals surface area contributed by atoms with Gasteiger partial charge in [0.15, 0.2) is 0 Å². The number of pyridine rings is 1. The van der Waals surface area contributed by atoms with Gasteiger partial charge in [0.1, 0.15) is 4.60 Å². The van der Waals surface area contributed by atoms with Crippen LogP contribution in [0.25, 0.3) is 0 Å². The lowest BCUT2D eigenvalue weighted by atomic mass is 10.2. The molecule has 0 aromatic carbocycles. The molecule has 1 amide bonds. The number of rotatable bonds is 5. The van der Waals surface area contributed by atoms with Gasteiger partial charge in [-0.3, -0.25) is 4.79 Å². The van der Waals surface area contributed by atoms with E-state index in [-0.39, 0.29) is 19.1 Å². The largest absolute Gasteiger partial charge is 0.394 e. The minimum Gasteiger partial charge on any atom is -0.394 e. The van der Waals surface area contributed by atoms with E-state index in [1.807, 2.05) is 0 Å². The normalized spacial score (nSPS) is 12.2. The number of amides is 1. The fraction of sp³-hybridized carbons (Fsp3) is 0.400. The van der Waals surface area contributed by atoms with Gasteiger partial charge in [-0.1, -0.05) is 0 Å². The van der Waals surface area contributed by atoms with Crippen molar-refractivity contribution >= 4 is 21.8 Å². The Labute approximate surface area is 102 Å². The summed E-state index contributed by atoms with van der Waals surface area (Å²) in [6.07, 6.45) is 1.53. The SMILES string of the molecule is COCC(CO)NC(=O)c1ccnc(Br)c1. The molecule has 0 aliphatic rings. The predicted molar refractivity (Wildman–Crippen MR) is 62.2 cm³/mol. The highest BCUT2D eigenvalue weighted by atomic mass is 79.9. The van der Waals surface area contributed by atoms with E-state index >= 15 is 0 Å². The second kappa shape index (κ2) is 6.57. The topological polar surface area (TPSA) is 71.5 Å². The standard InChI is InChI=1S/C10H13BrN2O3/c1-16-6-8(5-14)13-10(15)7-2-3-12-9(11)4-7/h2-4,8,14H,5-6H2,1H3,(H,13,15). The summed E-state index contributed by atoms with van der Waals surface area (Å²) in [5.74, 6) is -0.265. The molecular weight excluding hydrogens is 276 g/mol. The van der Waals surface area contributed by atoms with E-state index in [0.717, 1.165) is 0 Å². The van der Waals surface area contributed by atoms with Crippen LogP contribution in [-0.2, 0) is 4.74 Å². The first-order valence-corrected chi connectivity index (χ1v) is 5.49. The maximum Gasteiger partial charge on any atom is 0.251 e. The summed E-state index contributed by atoms with van der Waals surface area (Å²) in [4.78, 5) is 15.6. The zero-order valence-corrected chi connectivity index (χ0v) is 10.4. The van der Waals surface area contributed by atoms with Crippen molar-refractivity contribution in [2.75, 3.05) is 20.3 Å². The van der Waals surface area contributed by atoms with Gasteiger partial charge in [0.05, 0.1) is 19.3 Å². The van der Waals surface area contributed by atoms with Crippen molar-refractivity contribution in [3.8, 4) is 0 Å². The fourth-order valence-corrected chi connectivity index (χ4v) is 1.52. The molecule has 5 nitrogen and oxygen atoms in total. The van der Waals surface area contributed by atoms with E-state index in [4.69, 9.17) is 9.84 Å². The fourth-order valence-electron chi connectivity index (χ4n) is 1.15. The van der Waals surface area contributed by atoms with E-state index in [0.29, 0.717) is 10.2 Å². The van der Waals surface area contributed by atoms with Gasteiger partial charge in [0.25, 0.3) is 5.91 Å². The number of nitrogens with one attached hydrogen (secondary N) is 1. The monoisotopic (exact) mass is 288 g/mol. The van der Waals surface area contributed by atoms with Gasteiger partial charge in [0.2, 0.25) is 0 Å². The maximum absolute atomic E-state index is 11.7. The number of aliphatic hydroxyl groups excluding tert-OH is 1. The van der Waals surface area contributed by atoms with E-state index in [1.165, 1.54) is 13.3 Å². The lowest BCUT2D eigenvalue weighted by Crippen LogP contribution is -2.40. The molecular formula is C10H13BrN2O3. The van der Waals surface area contributed by atoms with E-state index in [9.17, 15) is 4.79 Å². The number of carbonyl (C=O) groups excluding carboxylic acids is 1. The van der Waals surface area contributed by atoms with Gasteiger partial charge in [-0.2, -0.15) is 0 Å². The first-order chi connectivity index (χ1) is 7.67. The highest BCUT2D eigenvalue weighted by molar-refractivity contribution is 9.10. The molecule has 1 atom stereocenters. The van der Waals surface area contributed by atoms with E-state index in [1.54, 1.807) is 12.1 Å². The molecule has 1 aromatic heterocycles. The number of carbonyl (C=O) groups is 1. The first-order valence-electron chi connectivity index (χ1n) is 4.69. The Hall–Kier alpha value is -0.980. The Bertz CT molecular complexity index is 360. The van der Waals surface area contributed by atoms with Crippen LogP contribution in [0.4, 0.5) is 0 Å². The summed E-state index contributed by atoms with van der Waals surface area (Å²) in [6.45, 7) is 0.111. The molecule has 0 aliphatic carbocycles. The number of nitrogens with zero attached hydrogens (tertiary/aromatic N) is 1. The van der Waals surface area contributed by atoms with Gasteiger partial charge in [-0.25, -0.2) is 4.98 Å². The molecule has 1 aromatic rings. The molecule has 1 unspecified atom stereocenters. The summed E-state index contributed by atoms with van der Waals surface area (Å²) in [5.41, 5.74) is 0.483. The molecule has 2 N–H and O–H groups in total. The molecule has 16 heavy (non-hydrogen) atoms. The van der Waals surface area contributed by atoms with Crippen LogP contribution in [0.15, 0.2) is 22.9 Å². The molecule has 1 rings (SSSR count). The van der Waals surface area contributed by atoms with Crippen LogP contribution in [0.5, 0.6) is 0 Å². The average molecular weight is 289 g/mol. The van der Waals surface area contributed by atoms with Crippen molar-refractivity contribution in [3.63, 3.8) is 0 Å². The quantitative estimate of drug-likeness (QED) is 0.778. The summed E-state index contributed by atoms with van der Waals surface area (Å²) in [7, 11) is 1.51. The Balaban J connectivity index is 2.64. The highest BCUT2D eigenvalue weighted by Gasteiger charge is 2.12. The minimum absolute atomic E-state index is 0.161. The third kappa shape index (κ3) is 3.88. The lowest BCUT2D eigenvalue weighted by Gasteiger charge is -2.15. The summed E-state index contributed by atoms with van der Waals surface area (Å²) in [6, 6.07) is 2.81. The van der Waals surface area contributed by atoms with Crippen LogP contribution < -0.4 is 5.32 Å². The first kappa shape index (κ1) is 13.1. The minimum atomic E-state index is -0.399. The van der Waals surface area contributed by atoms with Gasteiger partial charge < -0.3 is 15.2 Å². The Morgan fingerprint density at radius 3 is 3.06 bits per heavy atom. The van der Waals surface area contributed by atoms with Crippen LogP contribution >= 0.6 is 15.9 Å². The number of hydrogen-bond donors (Lipinski definition) is 2. The highest BCUT2D eigenvalue weighted by Crippen LogP contribution is 2.08. The van der Waals surface area contributed by atoms with Crippen molar-refractivity contribution in [2.24, 2.45) is 0 Å². The average Bonchev–Trinajstić information content (AvgIpc) is 2.28. The maximum atomic E-state index is 11.7. The molecule has 88 valence electrons. The summed E-state index contributed by atoms with van der Waals surface area (Å²) >= 11 is 3.18. The lowest BCUT2D eigenvalue weighted by molar-refractivity contribution is 0.0839. The molecule has 0 fully saturated rings. The second-order valence-electron chi connectivity index (χ2n) is 3.18. The number of halogens is 1. The van der Waals surface area contributed by atoms with Crippen molar-refractivity contribution in [2.45, 2.75) is 6.04 Å². The van der Waals surface area contributed by atoms with Crippen molar-refractivity contribution in [1.82, 2.24) is 10.3 Å². The van der Waals surface area contributed by atoms with Gasteiger partial charge >= 0.3 is 0 Å². The molecule has 0 bridgehead atoms. The predicted octanol–water partition coefficient (Wildman–Crippen LogP) is 0.581. The van der Waals surface area contributed by atoms with Gasteiger partial charge in [-0.15, -0.1) is 0 Å². The third-order valence-corrected chi connectivity index (χ3v) is 2.35. The smallest absolute Gasteiger partial charge is 0.251 e. The van der Waals surface area contributed by atoms with Crippen LogP contribution in [0, 0.1) is 0 Å². The zero-order chi connectivity index (χ0) is 12.0. The Morgan fingerprint density at radius 2 is 2.50 bits per heavy atom. The molecule has 0 saturated heterocycles. The molecule has 6 heteroatoms. The van der Waals surface area contributed by atoms with Crippen molar-refractivity contribution in [1.29, 1.82) is 0 Å². The van der Waals surface area contributed by atoms with Crippen molar-refractivity contribution < 1.29 is 14.6 Å². The number of aromatic nitrogens is 1. The summed E-state index contributed by atoms with van der Waals surface area (Å²) < 4.78 is 5.45. The number of aliphatic hydroxyl groups is 1. The number of ether oxygens (including phenoxy) is 1. The molecule has 1 heterocycles. The van der Waals surface area contributed by atoms with Crippen molar-refractivity contribution in [3.05, 3.63) is 28.5 Å². The van der Waals surface area contributed by atoms with Gasteiger partial charge in [0, 0.05) is 18.9 Å². The molecule has 0 aliphatic heterocycles. The van der Waals surface area contributed by atoms with E-state index < -0.39 is 6.04 Å². The second-order valence-corrected chi connectivity index (χ2v) is 3.99. The Kier molecular flexibility index (Phi) is 5.37. The van der Waals surface area contributed by atoms with E-state index in [2.05, 4.69) is 26.2 Å². The van der Waals surface area contributed by atoms with Crippen LogP contribution in [-0.4, -0.2) is 42.4 Å². The number of hydrogen-bond acceptors (Lipinski definition) is 4. The Morgan fingerprint density at radius 1 is 1.75 bits per heavy atom. The molecule has 0 saturated carbocycles.